The van der Waals surface area contributed by atoms with Crippen molar-refractivity contribution in [3.63, 3.8) is 0 Å². The van der Waals surface area contributed by atoms with Crippen LogP contribution in [0.1, 0.15) is 0 Å². The second-order valence-electron chi connectivity index (χ2n) is 1.96. The van der Waals surface area contributed by atoms with E-state index in [1.54, 1.807) is 0 Å². The third-order valence-electron chi connectivity index (χ3n) is 1.12. The Morgan fingerprint density at radius 1 is 1.67 bits per heavy atom. The van der Waals surface area contributed by atoms with Crippen LogP contribution in [0.5, 0.6) is 0 Å². The fourth-order valence-corrected chi connectivity index (χ4v) is 0.795. The smallest absolute Gasteiger partial charge is 0.329 e. The lowest BCUT2D eigenvalue weighted by Crippen LogP contribution is -2.43. The fraction of sp³-hybridized carbons (Fsp3) is 0.667. The molecule has 1 amide bonds. The number of rotatable bonds is 4. The van der Waals surface area contributed by atoms with Gasteiger partial charge in [0.25, 0.3) is 5.91 Å². The number of alkyl halides is 1. The van der Waals surface area contributed by atoms with E-state index in [1.807, 2.05) is 0 Å². The van der Waals surface area contributed by atoms with Gasteiger partial charge in [0, 0.05) is 5.75 Å². The third kappa shape index (κ3) is 3.56. The van der Waals surface area contributed by atoms with Crippen molar-refractivity contribution < 1.29 is 18.7 Å². The van der Waals surface area contributed by atoms with Crippen LogP contribution >= 0.6 is 12.6 Å². The lowest BCUT2D eigenvalue weighted by atomic mass is 10.3. The molecule has 4 nitrogen and oxygen atoms in total. The molecule has 6 heteroatoms. The molecular weight excluding hydrogens is 185 g/mol. The molecule has 0 aliphatic carbocycles. The molecule has 0 aromatic carbocycles. The van der Waals surface area contributed by atoms with Gasteiger partial charge in [0.1, 0.15) is 6.04 Å². The molecule has 0 unspecified atom stereocenters. The van der Waals surface area contributed by atoms with E-state index >= 15 is 0 Å². The zero-order valence-corrected chi connectivity index (χ0v) is 7.44. The zero-order chi connectivity index (χ0) is 9.56. The molecule has 1 atom stereocenters. The van der Waals surface area contributed by atoms with Crippen molar-refractivity contribution >= 4 is 24.5 Å². The molecule has 0 saturated heterocycles. The van der Waals surface area contributed by atoms with Crippen molar-refractivity contribution in [1.82, 2.24) is 5.32 Å². The van der Waals surface area contributed by atoms with Crippen LogP contribution in [-0.4, -0.2) is 37.5 Å². The topological polar surface area (TPSA) is 55.4 Å². The lowest BCUT2D eigenvalue weighted by molar-refractivity contribution is -0.144. The summed E-state index contributed by atoms with van der Waals surface area (Å²) >= 11 is 3.78. The minimum atomic E-state index is -1.15. The van der Waals surface area contributed by atoms with Gasteiger partial charge in [-0.25, -0.2) is 9.18 Å². The number of hydrogen-bond donors (Lipinski definition) is 2. The SMILES string of the molecule is COC(=O)[C@H](CS)NC(=O)CF. The van der Waals surface area contributed by atoms with Crippen LogP contribution in [0.25, 0.3) is 0 Å². The number of halogens is 1. The van der Waals surface area contributed by atoms with Crippen molar-refractivity contribution in [1.29, 1.82) is 0 Å². The molecule has 1 N–H and O–H groups in total. The molecule has 0 heterocycles. The van der Waals surface area contributed by atoms with E-state index < -0.39 is 24.6 Å². The van der Waals surface area contributed by atoms with Gasteiger partial charge >= 0.3 is 5.97 Å². The van der Waals surface area contributed by atoms with Crippen LogP contribution < -0.4 is 5.32 Å². The van der Waals surface area contributed by atoms with Gasteiger partial charge in [0.05, 0.1) is 7.11 Å². The number of hydrogen-bond acceptors (Lipinski definition) is 4. The Bertz CT molecular complexity index is 176. The van der Waals surface area contributed by atoms with Gasteiger partial charge in [-0.2, -0.15) is 12.6 Å². The first-order valence-corrected chi connectivity index (χ1v) is 3.83. The molecule has 0 fully saturated rings. The molecule has 0 aliphatic rings. The van der Waals surface area contributed by atoms with Crippen molar-refractivity contribution in [2.45, 2.75) is 6.04 Å². The average molecular weight is 195 g/mol. The summed E-state index contributed by atoms with van der Waals surface area (Å²) in [6.07, 6.45) is 0. The Morgan fingerprint density at radius 3 is 2.58 bits per heavy atom. The Balaban J connectivity index is 3.99. The van der Waals surface area contributed by atoms with E-state index in [-0.39, 0.29) is 5.75 Å². The summed E-state index contributed by atoms with van der Waals surface area (Å²) in [5.74, 6) is -1.40. The number of esters is 1. The summed E-state index contributed by atoms with van der Waals surface area (Å²) < 4.78 is 16.0. The normalized spacial score (nSPS) is 11.9. The molecule has 0 rings (SSSR count). The van der Waals surface area contributed by atoms with Crippen molar-refractivity contribution in [3.05, 3.63) is 0 Å². The summed E-state index contributed by atoms with van der Waals surface area (Å²) in [6, 6.07) is -0.874. The average Bonchev–Trinajstić information content (AvgIpc) is 2.12. The monoisotopic (exact) mass is 195 g/mol. The Kier molecular flexibility index (Phi) is 5.44. The van der Waals surface area contributed by atoms with Crippen LogP contribution in [0.2, 0.25) is 0 Å². The van der Waals surface area contributed by atoms with Crippen LogP contribution in [0.4, 0.5) is 4.39 Å². The predicted molar refractivity (Wildman–Crippen MR) is 43.8 cm³/mol. The number of carbonyl (C=O) groups excluding carboxylic acids is 2. The summed E-state index contributed by atoms with van der Waals surface area (Å²) in [5.41, 5.74) is 0. The van der Waals surface area contributed by atoms with E-state index in [9.17, 15) is 14.0 Å². The Hall–Kier alpha value is -0.780. The summed E-state index contributed by atoms with van der Waals surface area (Å²) in [6.45, 7) is -1.15. The fourth-order valence-electron chi connectivity index (χ4n) is 0.554. The molecule has 0 aliphatic heterocycles. The van der Waals surface area contributed by atoms with Crippen LogP contribution in [0.3, 0.4) is 0 Å². The first-order valence-electron chi connectivity index (χ1n) is 3.19. The number of thiol groups is 1. The van der Waals surface area contributed by atoms with Crippen LogP contribution in [0, 0.1) is 0 Å². The van der Waals surface area contributed by atoms with Crippen LogP contribution in [-0.2, 0) is 14.3 Å². The molecule has 12 heavy (non-hydrogen) atoms. The number of amides is 1. The van der Waals surface area contributed by atoms with Gasteiger partial charge in [0.15, 0.2) is 6.67 Å². The van der Waals surface area contributed by atoms with E-state index in [4.69, 9.17) is 0 Å². The van der Waals surface area contributed by atoms with Crippen molar-refractivity contribution in [2.75, 3.05) is 19.5 Å². The van der Waals surface area contributed by atoms with E-state index in [2.05, 4.69) is 22.7 Å². The molecule has 0 aromatic heterocycles. The maximum absolute atomic E-state index is 11.7. The minimum absolute atomic E-state index is 0.0818. The maximum atomic E-state index is 11.7. The first kappa shape index (κ1) is 11.2. The van der Waals surface area contributed by atoms with E-state index in [0.29, 0.717) is 0 Å². The highest BCUT2D eigenvalue weighted by molar-refractivity contribution is 7.80. The zero-order valence-electron chi connectivity index (χ0n) is 6.54. The molecule has 70 valence electrons. The van der Waals surface area contributed by atoms with Gasteiger partial charge in [-0.3, -0.25) is 4.79 Å². The van der Waals surface area contributed by atoms with Crippen molar-refractivity contribution in [2.24, 2.45) is 0 Å². The quantitative estimate of drug-likeness (QED) is 0.471. The summed E-state index contributed by atoms with van der Waals surface area (Å²) in [4.78, 5) is 21.3. The van der Waals surface area contributed by atoms with Crippen LogP contribution in [0.15, 0.2) is 0 Å². The highest BCUT2D eigenvalue weighted by Gasteiger charge is 2.18. The molecule has 0 spiro atoms. The standard InChI is InChI=1S/C6H10FNO3S/c1-11-6(10)4(3-12)8-5(9)2-7/h4,12H,2-3H2,1H3,(H,8,9)/t4-/m0/s1. The second kappa shape index (κ2) is 5.82. The number of ether oxygens (including phenoxy) is 1. The number of methoxy groups -OCH3 is 1. The molecule has 0 radical (unpaired) electrons. The largest absolute Gasteiger partial charge is 0.467 e. The maximum Gasteiger partial charge on any atom is 0.329 e. The van der Waals surface area contributed by atoms with Gasteiger partial charge in [-0.05, 0) is 0 Å². The molecule has 0 bridgehead atoms. The first-order chi connectivity index (χ1) is 5.65. The number of nitrogens with one attached hydrogen (secondary N) is 1. The Labute approximate surface area is 74.9 Å². The Morgan fingerprint density at radius 2 is 2.25 bits per heavy atom. The van der Waals surface area contributed by atoms with Crippen molar-refractivity contribution in [3.8, 4) is 0 Å². The highest BCUT2D eigenvalue weighted by Crippen LogP contribution is 1.91. The van der Waals surface area contributed by atoms with Gasteiger partial charge in [-0.15, -0.1) is 0 Å². The van der Waals surface area contributed by atoms with Gasteiger partial charge in [0.2, 0.25) is 0 Å². The predicted octanol–water partition coefficient (Wildman–Crippen LogP) is -0.457. The van der Waals surface area contributed by atoms with E-state index in [1.165, 1.54) is 7.11 Å². The molecular formula is C6H10FNO3S. The highest BCUT2D eigenvalue weighted by atomic mass is 32.1. The second-order valence-corrected chi connectivity index (χ2v) is 2.32. The lowest BCUT2D eigenvalue weighted by Gasteiger charge is -2.12. The summed E-state index contributed by atoms with van der Waals surface area (Å²) in [7, 11) is 1.18. The molecule has 0 aromatic rings. The minimum Gasteiger partial charge on any atom is -0.467 e. The molecule has 0 saturated carbocycles. The third-order valence-corrected chi connectivity index (χ3v) is 1.49. The number of carbonyl (C=O) groups is 2. The van der Waals surface area contributed by atoms with Gasteiger partial charge in [-0.1, -0.05) is 0 Å². The van der Waals surface area contributed by atoms with Gasteiger partial charge < -0.3 is 10.1 Å². The van der Waals surface area contributed by atoms with E-state index in [0.717, 1.165) is 0 Å². The summed E-state index contributed by atoms with van der Waals surface area (Å²) in [5, 5.41) is 2.10.